The largest absolute Gasteiger partial charge is 0.506 e. The number of aromatic hydroxyl groups is 1. The first-order valence-electron chi connectivity index (χ1n) is 5.44. The number of hydrogen-bond donors (Lipinski definition) is 1. The van der Waals surface area contributed by atoms with Crippen molar-refractivity contribution in [3.05, 3.63) is 61.0 Å². The maximum Gasteiger partial charge on any atom is 0.269 e. The van der Waals surface area contributed by atoms with Crippen LogP contribution < -0.4 is 0 Å². The third-order valence-corrected chi connectivity index (χ3v) is 3.85. The zero-order valence-corrected chi connectivity index (χ0v) is 13.1. The summed E-state index contributed by atoms with van der Waals surface area (Å²) in [7, 11) is 0. The normalized spacial score (nSPS) is 10.9. The van der Waals surface area contributed by atoms with Gasteiger partial charge in [0.2, 0.25) is 0 Å². The molecule has 2 rings (SSSR count). The number of rotatable bonds is 3. The molecule has 0 unspecified atom stereocenters. The summed E-state index contributed by atoms with van der Waals surface area (Å²) in [5.74, 6) is 0.0741. The SMILES string of the molecule is O=[N+]([O-])c1ccc(N=Cc2c(Br)ccc(Br)c2O)cc1. The lowest BCUT2D eigenvalue weighted by Gasteiger charge is -2.03. The van der Waals surface area contributed by atoms with Crippen LogP contribution in [0.1, 0.15) is 5.56 Å². The number of aliphatic imine (C=N–C) groups is 1. The van der Waals surface area contributed by atoms with Gasteiger partial charge >= 0.3 is 0 Å². The van der Waals surface area contributed by atoms with Crippen LogP contribution in [0.15, 0.2) is 50.3 Å². The third-order valence-electron chi connectivity index (χ3n) is 2.52. The molecule has 2 aromatic rings. The van der Waals surface area contributed by atoms with Crippen molar-refractivity contribution < 1.29 is 10.0 Å². The van der Waals surface area contributed by atoms with Gasteiger partial charge in [-0.2, -0.15) is 0 Å². The summed E-state index contributed by atoms with van der Waals surface area (Å²) in [6.07, 6.45) is 1.49. The van der Waals surface area contributed by atoms with Gasteiger partial charge in [0.15, 0.2) is 0 Å². The minimum absolute atomic E-state index is 0.00966. The lowest BCUT2D eigenvalue weighted by atomic mass is 10.2. The molecule has 0 spiro atoms. The van der Waals surface area contributed by atoms with Crippen LogP contribution in [0.2, 0.25) is 0 Å². The summed E-state index contributed by atoms with van der Waals surface area (Å²) in [4.78, 5) is 14.3. The van der Waals surface area contributed by atoms with Gasteiger partial charge in [0.05, 0.1) is 15.1 Å². The average Bonchev–Trinajstić information content (AvgIpc) is 2.43. The smallest absolute Gasteiger partial charge is 0.269 e. The summed E-state index contributed by atoms with van der Waals surface area (Å²) in [6, 6.07) is 9.32. The fraction of sp³-hybridized carbons (Fsp3) is 0. The van der Waals surface area contributed by atoms with Crippen LogP contribution in [0.25, 0.3) is 0 Å². The molecule has 20 heavy (non-hydrogen) atoms. The molecule has 5 nitrogen and oxygen atoms in total. The molecule has 0 fully saturated rings. The summed E-state index contributed by atoms with van der Waals surface area (Å²) in [6.45, 7) is 0. The van der Waals surface area contributed by atoms with Crippen LogP contribution in [0.5, 0.6) is 5.75 Å². The second kappa shape index (κ2) is 6.15. The van der Waals surface area contributed by atoms with Gasteiger partial charge in [-0.1, -0.05) is 0 Å². The predicted molar refractivity (Wildman–Crippen MR) is 83.9 cm³/mol. The first-order chi connectivity index (χ1) is 9.49. The topological polar surface area (TPSA) is 75.7 Å². The van der Waals surface area contributed by atoms with Gasteiger partial charge in [0.25, 0.3) is 5.69 Å². The van der Waals surface area contributed by atoms with Gasteiger partial charge in [-0.3, -0.25) is 15.1 Å². The minimum atomic E-state index is -0.468. The van der Waals surface area contributed by atoms with Crippen molar-refractivity contribution in [2.75, 3.05) is 0 Å². The highest BCUT2D eigenvalue weighted by Crippen LogP contribution is 2.32. The molecule has 2 aromatic carbocycles. The number of halogens is 2. The molecule has 0 saturated heterocycles. The molecule has 0 amide bonds. The van der Waals surface area contributed by atoms with E-state index in [1.807, 2.05) is 0 Å². The Bertz CT molecular complexity index is 685. The lowest BCUT2D eigenvalue weighted by Crippen LogP contribution is -1.87. The van der Waals surface area contributed by atoms with Crippen molar-refractivity contribution in [2.45, 2.75) is 0 Å². The highest BCUT2D eigenvalue weighted by atomic mass is 79.9. The Hall–Kier alpha value is -1.73. The number of phenolic OH excluding ortho intramolecular Hbond substituents is 1. The first kappa shape index (κ1) is 14.7. The van der Waals surface area contributed by atoms with Gasteiger partial charge in [-0.05, 0) is 56.1 Å². The van der Waals surface area contributed by atoms with Crippen molar-refractivity contribution in [1.82, 2.24) is 0 Å². The van der Waals surface area contributed by atoms with E-state index in [1.54, 1.807) is 12.1 Å². The molecular weight excluding hydrogens is 392 g/mol. The Kier molecular flexibility index (Phi) is 4.51. The van der Waals surface area contributed by atoms with Crippen LogP contribution in [0.4, 0.5) is 11.4 Å². The van der Waals surface area contributed by atoms with E-state index in [0.29, 0.717) is 20.2 Å². The second-order valence-corrected chi connectivity index (χ2v) is 5.53. The number of benzene rings is 2. The molecule has 0 heterocycles. The number of nitro benzene ring substituents is 1. The molecule has 0 radical (unpaired) electrons. The second-order valence-electron chi connectivity index (χ2n) is 3.82. The minimum Gasteiger partial charge on any atom is -0.506 e. The molecular formula is C13H8Br2N2O3. The van der Waals surface area contributed by atoms with E-state index < -0.39 is 4.92 Å². The first-order valence-corrected chi connectivity index (χ1v) is 7.03. The van der Waals surface area contributed by atoms with Crippen molar-refractivity contribution in [3.8, 4) is 5.75 Å². The molecule has 0 aliphatic carbocycles. The monoisotopic (exact) mass is 398 g/mol. The number of hydrogen-bond acceptors (Lipinski definition) is 4. The van der Waals surface area contributed by atoms with Gasteiger partial charge in [-0.15, -0.1) is 0 Å². The van der Waals surface area contributed by atoms with Crippen LogP contribution in [0, 0.1) is 10.1 Å². The Labute approximate surface area is 131 Å². The number of nitrogens with zero attached hydrogens (tertiary/aromatic N) is 2. The highest BCUT2D eigenvalue weighted by molar-refractivity contribution is 9.11. The van der Waals surface area contributed by atoms with E-state index >= 15 is 0 Å². The molecule has 0 aliphatic heterocycles. The number of phenols is 1. The molecule has 0 bridgehead atoms. The van der Waals surface area contributed by atoms with Crippen molar-refractivity contribution >= 4 is 49.4 Å². The summed E-state index contributed by atoms with van der Waals surface area (Å²) < 4.78 is 1.26. The van der Waals surface area contributed by atoms with Gasteiger partial charge in [-0.25, -0.2) is 0 Å². The Balaban J connectivity index is 2.30. The van der Waals surface area contributed by atoms with E-state index in [9.17, 15) is 15.2 Å². The quantitative estimate of drug-likeness (QED) is 0.466. The van der Waals surface area contributed by atoms with Gasteiger partial charge in [0, 0.05) is 28.4 Å². The fourth-order valence-electron chi connectivity index (χ4n) is 1.48. The van der Waals surface area contributed by atoms with E-state index in [4.69, 9.17) is 0 Å². The molecule has 0 aromatic heterocycles. The van der Waals surface area contributed by atoms with Gasteiger partial charge in [0.1, 0.15) is 5.75 Å². The van der Waals surface area contributed by atoms with Gasteiger partial charge < -0.3 is 5.11 Å². The molecule has 0 atom stereocenters. The van der Waals surface area contributed by atoms with E-state index in [-0.39, 0.29) is 11.4 Å². The van der Waals surface area contributed by atoms with Crippen LogP contribution in [-0.4, -0.2) is 16.2 Å². The molecule has 102 valence electrons. The maximum absolute atomic E-state index is 10.5. The van der Waals surface area contributed by atoms with Crippen LogP contribution >= 0.6 is 31.9 Å². The van der Waals surface area contributed by atoms with Crippen LogP contribution in [0.3, 0.4) is 0 Å². The van der Waals surface area contributed by atoms with E-state index in [1.165, 1.54) is 30.5 Å². The fourth-order valence-corrected chi connectivity index (χ4v) is 2.25. The summed E-state index contributed by atoms with van der Waals surface area (Å²) >= 11 is 6.55. The number of non-ortho nitro benzene ring substituents is 1. The summed E-state index contributed by atoms with van der Waals surface area (Å²) in [5.41, 5.74) is 1.09. The van der Waals surface area contributed by atoms with Crippen LogP contribution in [-0.2, 0) is 0 Å². The maximum atomic E-state index is 10.5. The molecule has 0 saturated carbocycles. The zero-order chi connectivity index (χ0) is 14.7. The molecule has 7 heteroatoms. The average molecular weight is 400 g/mol. The van der Waals surface area contributed by atoms with E-state index in [0.717, 1.165) is 0 Å². The van der Waals surface area contributed by atoms with Crippen molar-refractivity contribution in [2.24, 2.45) is 4.99 Å². The standard InChI is InChI=1S/C13H8Br2N2O3/c14-11-5-6-12(15)13(18)10(11)7-16-8-1-3-9(4-2-8)17(19)20/h1-7,18H. The lowest BCUT2D eigenvalue weighted by molar-refractivity contribution is -0.384. The van der Waals surface area contributed by atoms with Crippen molar-refractivity contribution in [3.63, 3.8) is 0 Å². The predicted octanol–water partition coefficient (Wildman–Crippen LogP) is 4.58. The zero-order valence-electron chi connectivity index (χ0n) is 9.96. The third kappa shape index (κ3) is 3.23. The Morgan fingerprint density at radius 3 is 2.30 bits per heavy atom. The highest BCUT2D eigenvalue weighted by Gasteiger charge is 2.08. The van der Waals surface area contributed by atoms with Crippen molar-refractivity contribution in [1.29, 1.82) is 0 Å². The molecule has 0 aliphatic rings. The number of nitro groups is 1. The molecule has 1 N–H and O–H groups in total. The summed E-state index contributed by atoms with van der Waals surface area (Å²) in [5, 5.41) is 20.5. The Morgan fingerprint density at radius 2 is 1.70 bits per heavy atom. The van der Waals surface area contributed by atoms with E-state index in [2.05, 4.69) is 36.9 Å². The Morgan fingerprint density at radius 1 is 1.10 bits per heavy atom.